The molecule has 0 unspecified atom stereocenters. The fraction of sp³-hybridized carbons (Fsp3) is 0.500. The van der Waals surface area contributed by atoms with Crippen LogP contribution in [0, 0.1) is 0 Å². The number of hydrogen-bond acceptors (Lipinski definition) is 1. The topological polar surface area (TPSA) is 24.7 Å². The molecule has 0 bridgehead atoms. The SMILES string of the molecule is C=C(C)C(CC)=NC=NC. The summed E-state index contributed by atoms with van der Waals surface area (Å²) in [6.45, 7) is 7.79. The molecule has 0 radical (unpaired) electrons. The van der Waals surface area contributed by atoms with Crippen molar-refractivity contribution in [2.45, 2.75) is 20.3 Å². The van der Waals surface area contributed by atoms with Crippen molar-refractivity contribution in [1.29, 1.82) is 0 Å². The summed E-state index contributed by atoms with van der Waals surface area (Å²) in [5.74, 6) is 0. The monoisotopic (exact) mass is 138 g/mol. The molecule has 0 saturated carbocycles. The molecular formula is C8H14N2. The van der Waals surface area contributed by atoms with Crippen molar-refractivity contribution < 1.29 is 0 Å². The lowest BCUT2D eigenvalue weighted by Gasteiger charge is -1.97. The minimum atomic E-state index is 0.918. The highest BCUT2D eigenvalue weighted by atomic mass is 14.8. The van der Waals surface area contributed by atoms with E-state index in [0.717, 1.165) is 17.7 Å². The van der Waals surface area contributed by atoms with Crippen molar-refractivity contribution >= 4 is 12.1 Å². The van der Waals surface area contributed by atoms with Crippen molar-refractivity contribution in [1.82, 2.24) is 0 Å². The fourth-order valence-electron chi connectivity index (χ4n) is 0.631. The first-order valence-electron chi connectivity index (χ1n) is 3.35. The molecule has 0 saturated heterocycles. The van der Waals surface area contributed by atoms with Crippen molar-refractivity contribution in [3.05, 3.63) is 12.2 Å². The van der Waals surface area contributed by atoms with Gasteiger partial charge in [0, 0.05) is 12.8 Å². The van der Waals surface area contributed by atoms with E-state index in [2.05, 4.69) is 23.5 Å². The maximum Gasteiger partial charge on any atom is 0.109 e. The predicted octanol–water partition coefficient (Wildman–Crippen LogP) is 2.07. The van der Waals surface area contributed by atoms with Crippen molar-refractivity contribution in [2.24, 2.45) is 9.98 Å². The quantitative estimate of drug-likeness (QED) is 0.421. The van der Waals surface area contributed by atoms with E-state index >= 15 is 0 Å². The van der Waals surface area contributed by atoms with Crippen LogP contribution in [0.2, 0.25) is 0 Å². The first-order chi connectivity index (χ1) is 4.72. The van der Waals surface area contributed by atoms with E-state index in [1.165, 1.54) is 0 Å². The third-order valence-electron chi connectivity index (χ3n) is 1.16. The molecule has 0 rings (SSSR count). The van der Waals surface area contributed by atoms with E-state index in [1.807, 2.05) is 6.92 Å². The maximum atomic E-state index is 4.09. The summed E-state index contributed by atoms with van der Waals surface area (Å²) in [6.07, 6.45) is 2.47. The third-order valence-corrected chi connectivity index (χ3v) is 1.16. The number of nitrogens with zero attached hydrogens (tertiary/aromatic N) is 2. The molecule has 0 fully saturated rings. The zero-order valence-electron chi connectivity index (χ0n) is 6.89. The Hall–Kier alpha value is -0.920. The summed E-state index contributed by atoms with van der Waals surface area (Å²) >= 11 is 0. The van der Waals surface area contributed by atoms with Gasteiger partial charge in [-0.05, 0) is 18.9 Å². The van der Waals surface area contributed by atoms with E-state index < -0.39 is 0 Å². The van der Waals surface area contributed by atoms with Gasteiger partial charge in [-0.15, -0.1) is 0 Å². The molecule has 0 aliphatic carbocycles. The molecule has 0 aliphatic heterocycles. The molecule has 0 aromatic rings. The van der Waals surface area contributed by atoms with Crippen molar-refractivity contribution in [2.75, 3.05) is 7.05 Å². The number of hydrogen-bond donors (Lipinski definition) is 0. The van der Waals surface area contributed by atoms with Gasteiger partial charge in [-0.2, -0.15) is 0 Å². The van der Waals surface area contributed by atoms with Gasteiger partial charge < -0.3 is 0 Å². The highest BCUT2D eigenvalue weighted by Crippen LogP contribution is 1.96. The minimum absolute atomic E-state index is 0.918. The summed E-state index contributed by atoms with van der Waals surface area (Å²) in [7, 11) is 1.70. The van der Waals surface area contributed by atoms with E-state index in [9.17, 15) is 0 Å². The van der Waals surface area contributed by atoms with Gasteiger partial charge in [-0.3, -0.25) is 4.99 Å². The van der Waals surface area contributed by atoms with Gasteiger partial charge in [0.15, 0.2) is 0 Å². The van der Waals surface area contributed by atoms with Crippen molar-refractivity contribution in [3.8, 4) is 0 Å². The van der Waals surface area contributed by atoms with Crippen LogP contribution in [0.15, 0.2) is 22.1 Å². The van der Waals surface area contributed by atoms with Crippen LogP contribution >= 0.6 is 0 Å². The highest BCUT2D eigenvalue weighted by molar-refractivity contribution is 6.02. The van der Waals surface area contributed by atoms with Gasteiger partial charge in [0.1, 0.15) is 6.34 Å². The number of allylic oxidation sites excluding steroid dienone is 1. The fourth-order valence-corrected chi connectivity index (χ4v) is 0.631. The van der Waals surface area contributed by atoms with Gasteiger partial charge in [-0.1, -0.05) is 13.5 Å². The molecule has 0 N–H and O–H groups in total. The average Bonchev–Trinajstić information content (AvgIpc) is 1.89. The van der Waals surface area contributed by atoms with Gasteiger partial charge >= 0.3 is 0 Å². The summed E-state index contributed by atoms with van der Waals surface area (Å²) in [6, 6.07) is 0. The molecule has 2 nitrogen and oxygen atoms in total. The molecule has 0 spiro atoms. The minimum Gasteiger partial charge on any atom is -0.277 e. The Balaban J connectivity index is 4.18. The average molecular weight is 138 g/mol. The summed E-state index contributed by atoms with van der Waals surface area (Å²) in [5.41, 5.74) is 2.04. The lowest BCUT2D eigenvalue weighted by atomic mass is 10.2. The number of rotatable bonds is 3. The predicted molar refractivity (Wildman–Crippen MR) is 47.0 cm³/mol. The maximum absolute atomic E-state index is 4.09. The molecule has 0 atom stereocenters. The molecule has 56 valence electrons. The Labute approximate surface area is 62.4 Å². The largest absolute Gasteiger partial charge is 0.277 e. The second kappa shape index (κ2) is 4.91. The van der Waals surface area contributed by atoms with Crippen LogP contribution in [0.1, 0.15) is 20.3 Å². The zero-order chi connectivity index (χ0) is 7.98. The molecule has 2 heteroatoms. The Morgan fingerprint density at radius 2 is 2.20 bits per heavy atom. The summed E-state index contributed by atoms with van der Waals surface area (Å²) in [5, 5.41) is 0. The van der Waals surface area contributed by atoms with Crippen LogP contribution in [0.3, 0.4) is 0 Å². The zero-order valence-corrected chi connectivity index (χ0v) is 6.89. The van der Waals surface area contributed by atoms with E-state index in [1.54, 1.807) is 13.4 Å². The normalized spacial score (nSPS) is 12.5. The van der Waals surface area contributed by atoms with Crippen molar-refractivity contribution in [3.63, 3.8) is 0 Å². The van der Waals surface area contributed by atoms with Gasteiger partial charge in [-0.25, -0.2) is 4.99 Å². The second-order valence-corrected chi connectivity index (χ2v) is 2.08. The molecule has 0 aromatic heterocycles. The van der Waals surface area contributed by atoms with Crippen LogP contribution in [-0.2, 0) is 0 Å². The Morgan fingerprint density at radius 1 is 1.60 bits per heavy atom. The molecule has 0 aromatic carbocycles. The lowest BCUT2D eigenvalue weighted by Crippen LogP contribution is -1.96. The van der Waals surface area contributed by atoms with Gasteiger partial charge in [0.05, 0.1) is 0 Å². The van der Waals surface area contributed by atoms with Crippen LogP contribution in [0.5, 0.6) is 0 Å². The summed E-state index contributed by atoms with van der Waals surface area (Å²) in [4.78, 5) is 7.84. The smallest absolute Gasteiger partial charge is 0.109 e. The Bertz CT molecular complexity index is 166. The van der Waals surface area contributed by atoms with Gasteiger partial charge in [0.2, 0.25) is 0 Å². The van der Waals surface area contributed by atoms with Crippen LogP contribution in [0.25, 0.3) is 0 Å². The molecule has 0 heterocycles. The first kappa shape index (κ1) is 9.08. The van der Waals surface area contributed by atoms with Crippen LogP contribution in [0.4, 0.5) is 0 Å². The van der Waals surface area contributed by atoms with E-state index in [0.29, 0.717) is 0 Å². The Kier molecular flexibility index (Phi) is 4.46. The van der Waals surface area contributed by atoms with Gasteiger partial charge in [0.25, 0.3) is 0 Å². The molecule has 0 aliphatic rings. The van der Waals surface area contributed by atoms with Crippen LogP contribution in [-0.4, -0.2) is 19.1 Å². The Morgan fingerprint density at radius 3 is 2.50 bits per heavy atom. The first-order valence-corrected chi connectivity index (χ1v) is 3.35. The molecule has 10 heavy (non-hydrogen) atoms. The van der Waals surface area contributed by atoms with E-state index in [-0.39, 0.29) is 0 Å². The third kappa shape index (κ3) is 3.17. The molecular weight excluding hydrogens is 124 g/mol. The molecule has 0 amide bonds. The summed E-state index contributed by atoms with van der Waals surface area (Å²) < 4.78 is 0. The lowest BCUT2D eigenvalue weighted by molar-refractivity contribution is 1.26. The second-order valence-electron chi connectivity index (χ2n) is 2.08. The van der Waals surface area contributed by atoms with E-state index in [4.69, 9.17) is 0 Å². The highest BCUT2D eigenvalue weighted by Gasteiger charge is 1.92. The van der Waals surface area contributed by atoms with Crippen LogP contribution < -0.4 is 0 Å². The standard InChI is InChI=1S/C8H14N2/c1-5-8(7(2)3)10-6-9-4/h6H,2,5H2,1,3-4H3. The number of aliphatic imine (C=N–C) groups is 2.